The Hall–Kier alpha value is -4.74. The first-order valence-electron chi connectivity index (χ1n) is 13.5. The summed E-state index contributed by atoms with van der Waals surface area (Å²) in [4.78, 5) is 42.2. The van der Waals surface area contributed by atoms with Gasteiger partial charge in [0.25, 0.3) is 0 Å². The number of para-hydroxylation sites is 1. The molecule has 3 amide bonds. The van der Waals surface area contributed by atoms with Crippen LogP contribution in [-0.4, -0.2) is 55.9 Å². The SMILES string of the molecule is COc1cccc([C@H](C(=O)NC(C)(C)C)N(C(=O)CCC(=O)Nc2cc(C)on2)c2ccc3c(c2)OCCO3)c1OC. The van der Waals surface area contributed by atoms with Crippen LogP contribution in [0.15, 0.2) is 47.0 Å². The van der Waals surface area contributed by atoms with E-state index in [1.165, 1.54) is 19.1 Å². The second-order valence-corrected chi connectivity index (χ2v) is 10.7. The summed E-state index contributed by atoms with van der Waals surface area (Å²) in [7, 11) is 2.96. The van der Waals surface area contributed by atoms with E-state index in [1.807, 2.05) is 20.8 Å². The molecule has 1 aliphatic rings. The molecule has 1 atom stereocenters. The fourth-order valence-electron chi connectivity index (χ4n) is 4.55. The van der Waals surface area contributed by atoms with Gasteiger partial charge in [-0.25, -0.2) is 0 Å². The van der Waals surface area contributed by atoms with E-state index in [1.54, 1.807) is 49.4 Å². The monoisotopic (exact) mass is 580 g/mol. The lowest BCUT2D eigenvalue weighted by Crippen LogP contribution is -2.49. The van der Waals surface area contributed by atoms with Crippen LogP contribution < -0.4 is 34.5 Å². The summed E-state index contributed by atoms with van der Waals surface area (Å²) < 4.78 is 27.6. The maximum Gasteiger partial charge on any atom is 0.248 e. The number of methoxy groups -OCH3 is 2. The Morgan fingerprint density at radius 1 is 1.00 bits per heavy atom. The highest BCUT2D eigenvalue weighted by Gasteiger charge is 2.37. The largest absolute Gasteiger partial charge is 0.493 e. The van der Waals surface area contributed by atoms with Crippen molar-refractivity contribution in [3.63, 3.8) is 0 Å². The Morgan fingerprint density at radius 2 is 1.74 bits per heavy atom. The number of benzene rings is 2. The number of hydrogen-bond donors (Lipinski definition) is 2. The zero-order chi connectivity index (χ0) is 30.4. The number of amides is 3. The minimum Gasteiger partial charge on any atom is -0.493 e. The van der Waals surface area contributed by atoms with Gasteiger partial charge in [0.05, 0.1) is 14.2 Å². The van der Waals surface area contributed by atoms with Crippen molar-refractivity contribution < 1.29 is 37.9 Å². The third kappa shape index (κ3) is 7.12. The smallest absolute Gasteiger partial charge is 0.248 e. The Kier molecular flexibility index (Phi) is 9.24. The lowest BCUT2D eigenvalue weighted by molar-refractivity contribution is -0.128. The van der Waals surface area contributed by atoms with Crippen LogP contribution in [0.3, 0.4) is 0 Å². The Balaban J connectivity index is 1.78. The average molecular weight is 581 g/mol. The van der Waals surface area contributed by atoms with Crippen LogP contribution in [0.2, 0.25) is 0 Å². The van der Waals surface area contributed by atoms with Crippen molar-refractivity contribution in [2.45, 2.75) is 52.1 Å². The number of anilines is 2. The quantitative estimate of drug-likeness (QED) is 0.361. The Morgan fingerprint density at radius 3 is 2.38 bits per heavy atom. The van der Waals surface area contributed by atoms with Gasteiger partial charge in [0.1, 0.15) is 25.0 Å². The number of nitrogens with one attached hydrogen (secondary N) is 2. The van der Waals surface area contributed by atoms with E-state index in [0.717, 1.165) is 0 Å². The normalized spacial score (nSPS) is 13.1. The lowest BCUT2D eigenvalue weighted by atomic mass is 9.98. The highest BCUT2D eigenvalue weighted by molar-refractivity contribution is 6.03. The number of nitrogens with zero attached hydrogens (tertiary/aromatic N) is 2. The van der Waals surface area contributed by atoms with Crippen molar-refractivity contribution in [3.8, 4) is 23.0 Å². The predicted molar refractivity (Wildman–Crippen MR) is 154 cm³/mol. The van der Waals surface area contributed by atoms with Crippen LogP contribution in [0.4, 0.5) is 11.5 Å². The predicted octanol–water partition coefficient (Wildman–Crippen LogP) is 4.18. The molecule has 42 heavy (non-hydrogen) atoms. The first kappa shape index (κ1) is 30.2. The Labute approximate surface area is 244 Å². The third-order valence-corrected chi connectivity index (χ3v) is 6.27. The molecule has 3 aromatic rings. The van der Waals surface area contributed by atoms with E-state index in [-0.39, 0.29) is 18.7 Å². The molecule has 224 valence electrons. The second kappa shape index (κ2) is 12.8. The molecule has 12 nitrogen and oxygen atoms in total. The van der Waals surface area contributed by atoms with Crippen molar-refractivity contribution in [1.29, 1.82) is 0 Å². The minimum absolute atomic E-state index is 0.172. The molecule has 1 aliphatic heterocycles. The van der Waals surface area contributed by atoms with E-state index in [0.29, 0.717) is 53.2 Å². The van der Waals surface area contributed by atoms with Gasteiger partial charge in [-0.1, -0.05) is 17.3 Å². The fourth-order valence-corrected chi connectivity index (χ4v) is 4.55. The molecule has 4 rings (SSSR count). The van der Waals surface area contributed by atoms with E-state index in [2.05, 4.69) is 15.8 Å². The standard InChI is InChI=1S/C30H36N4O8/c1-18-16-24(33-42-18)31-25(35)12-13-26(36)34(19-10-11-21-23(17-19)41-15-14-40-21)27(29(37)32-30(2,3)4)20-8-7-9-22(38-5)28(20)39-6/h7-11,16-17,27H,12-15H2,1-6H3,(H,32,37)(H,31,33,35)/t27-/m1/s1. The number of carbonyl (C=O) groups is 3. The van der Waals surface area contributed by atoms with Crippen molar-refractivity contribution in [1.82, 2.24) is 10.5 Å². The summed E-state index contributed by atoms with van der Waals surface area (Å²) in [6, 6.07) is 10.5. The first-order valence-corrected chi connectivity index (χ1v) is 13.5. The molecule has 0 aliphatic carbocycles. The number of carbonyl (C=O) groups excluding carboxylic acids is 3. The van der Waals surface area contributed by atoms with Gasteiger partial charge < -0.3 is 34.1 Å². The maximum absolute atomic E-state index is 14.1. The molecule has 12 heteroatoms. The molecule has 0 unspecified atom stereocenters. The highest BCUT2D eigenvalue weighted by atomic mass is 16.6. The molecule has 0 spiro atoms. The summed E-state index contributed by atoms with van der Waals surface area (Å²) in [5.41, 5.74) is 0.138. The van der Waals surface area contributed by atoms with Crippen molar-refractivity contribution in [2.24, 2.45) is 0 Å². The van der Waals surface area contributed by atoms with Gasteiger partial charge in [-0.3, -0.25) is 19.3 Å². The summed E-state index contributed by atoms with van der Waals surface area (Å²) in [5.74, 6) is 1.04. The van der Waals surface area contributed by atoms with E-state index < -0.39 is 29.3 Å². The number of aryl methyl sites for hydroxylation is 1. The molecule has 0 radical (unpaired) electrons. The minimum atomic E-state index is -1.20. The topological polar surface area (TPSA) is 141 Å². The molecular formula is C30H36N4O8. The van der Waals surface area contributed by atoms with Crippen LogP contribution in [-0.2, 0) is 14.4 Å². The summed E-state index contributed by atoms with van der Waals surface area (Å²) >= 11 is 0. The number of fused-ring (bicyclic) bond motifs is 1. The second-order valence-electron chi connectivity index (χ2n) is 10.7. The number of ether oxygens (including phenoxy) is 4. The van der Waals surface area contributed by atoms with Crippen LogP contribution >= 0.6 is 0 Å². The van der Waals surface area contributed by atoms with Gasteiger partial charge in [0.2, 0.25) is 17.7 Å². The third-order valence-electron chi connectivity index (χ3n) is 6.27. The molecule has 2 heterocycles. The van der Waals surface area contributed by atoms with Gasteiger partial charge >= 0.3 is 0 Å². The fraction of sp³-hybridized carbons (Fsp3) is 0.400. The molecular weight excluding hydrogens is 544 g/mol. The van der Waals surface area contributed by atoms with E-state index >= 15 is 0 Å². The van der Waals surface area contributed by atoms with Crippen molar-refractivity contribution in [3.05, 3.63) is 53.8 Å². The lowest BCUT2D eigenvalue weighted by Gasteiger charge is -2.35. The Bertz CT molecular complexity index is 1450. The molecule has 0 saturated heterocycles. The van der Waals surface area contributed by atoms with Gasteiger partial charge in [-0.2, -0.15) is 0 Å². The maximum atomic E-state index is 14.1. The zero-order valence-electron chi connectivity index (χ0n) is 24.6. The molecule has 2 N–H and O–H groups in total. The van der Waals surface area contributed by atoms with Crippen molar-refractivity contribution in [2.75, 3.05) is 37.7 Å². The van der Waals surface area contributed by atoms with Gasteiger partial charge in [-0.05, 0) is 45.9 Å². The van der Waals surface area contributed by atoms with Gasteiger partial charge in [-0.15, -0.1) is 0 Å². The number of aromatic nitrogens is 1. The van der Waals surface area contributed by atoms with Crippen LogP contribution in [0, 0.1) is 6.92 Å². The highest BCUT2D eigenvalue weighted by Crippen LogP contribution is 2.42. The molecule has 2 aromatic carbocycles. The molecule has 0 saturated carbocycles. The number of hydrogen-bond acceptors (Lipinski definition) is 9. The molecule has 0 bridgehead atoms. The number of rotatable bonds is 10. The van der Waals surface area contributed by atoms with Crippen LogP contribution in [0.1, 0.15) is 51.0 Å². The summed E-state index contributed by atoms with van der Waals surface area (Å²) in [6.07, 6.45) is -0.392. The van der Waals surface area contributed by atoms with E-state index in [9.17, 15) is 14.4 Å². The van der Waals surface area contributed by atoms with Gasteiger partial charge in [0.15, 0.2) is 28.8 Å². The molecule has 1 aromatic heterocycles. The van der Waals surface area contributed by atoms with Crippen LogP contribution in [0.25, 0.3) is 0 Å². The summed E-state index contributed by atoms with van der Waals surface area (Å²) in [6.45, 7) is 7.97. The van der Waals surface area contributed by atoms with E-state index in [4.69, 9.17) is 23.5 Å². The molecule has 0 fully saturated rings. The first-order chi connectivity index (χ1) is 20.0. The van der Waals surface area contributed by atoms with Gasteiger partial charge in [0, 0.05) is 41.8 Å². The summed E-state index contributed by atoms with van der Waals surface area (Å²) in [5, 5.41) is 9.37. The zero-order valence-corrected chi connectivity index (χ0v) is 24.6. The average Bonchev–Trinajstić information content (AvgIpc) is 3.36. The van der Waals surface area contributed by atoms with Crippen LogP contribution in [0.5, 0.6) is 23.0 Å². The van der Waals surface area contributed by atoms with Crippen molar-refractivity contribution >= 4 is 29.2 Å².